The van der Waals surface area contributed by atoms with Gasteiger partial charge in [-0.05, 0) is 44.4 Å². The SMILES string of the molecule is CC(Nc1ncnc(N)c1C(=N)C#CC(C)(C)O)c1oc2ccccc2c(=O)c1-c1ccccc1. The van der Waals surface area contributed by atoms with E-state index >= 15 is 0 Å². The number of anilines is 2. The van der Waals surface area contributed by atoms with Crippen LogP contribution in [0.2, 0.25) is 0 Å². The first-order valence-corrected chi connectivity index (χ1v) is 11.0. The molecule has 5 N–H and O–H groups in total. The van der Waals surface area contributed by atoms with Crippen LogP contribution in [0, 0.1) is 17.3 Å². The molecule has 176 valence electrons. The van der Waals surface area contributed by atoms with E-state index in [4.69, 9.17) is 15.6 Å². The van der Waals surface area contributed by atoms with Gasteiger partial charge in [0.15, 0.2) is 0 Å². The van der Waals surface area contributed by atoms with E-state index in [1.54, 1.807) is 24.3 Å². The van der Waals surface area contributed by atoms with Crippen molar-refractivity contribution in [2.24, 2.45) is 0 Å². The van der Waals surface area contributed by atoms with Crippen LogP contribution in [-0.2, 0) is 0 Å². The first-order chi connectivity index (χ1) is 16.7. The summed E-state index contributed by atoms with van der Waals surface area (Å²) in [5, 5.41) is 22.0. The number of aliphatic hydroxyl groups is 1. The van der Waals surface area contributed by atoms with Crippen LogP contribution in [0.5, 0.6) is 0 Å². The van der Waals surface area contributed by atoms with Crippen molar-refractivity contribution in [3.63, 3.8) is 0 Å². The van der Waals surface area contributed by atoms with Crippen molar-refractivity contribution in [3.8, 4) is 23.0 Å². The van der Waals surface area contributed by atoms with Gasteiger partial charge in [-0.3, -0.25) is 10.2 Å². The molecule has 2 aromatic carbocycles. The van der Waals surface area contributed by atoms with Gasteiger partial charge in [0.05, 0.1) is 22.6 Å². The molecule has 4 rings (SSSR count). The summed E-state index contributed by atoms with van der Waals surface area (Å²) in [6.07, 6.45) is 1.28. The zero-order valence-corrected chi connectivity index (χ0v) is 19.6. The van der Waals surface area contributed by atoms with E-state index in [-0.39, 0.29) is 28.3 Å². The van der Waals surface area contributed by atoms with Crippen molar-refractivity contribution in [1.29, 1.82) is 5.41 Å². The maximum atomic E-state index is 13.5. The molecular formula is C27H25N5O3. The Hall–Kier alpha value is -4.48. The van der Waals surface area contributed by atoms with Gasteiger partial charge in [-0.25, -0.2) is 9.97 Å². The lowest BCUT2D eigenvalue weighted by molar-refractivity contribution is 0.143. The summed E-state index contributed by atoms with van der Waals surface area (Å²) in [5.41, 5.74) is 6.30. The Balaban J connectivity index is 1.83. The normalized spacial score (nSPS) is 12.0. The van der Waals surface area contributed by atoms with E-state index in [1.165, 1.54) is 20.2 Å². The van der Waals surface area contributed by atoms with Crippen LogP contribution in [0.3, 0.4) is 0 Å². The molecule has 0 saturated heterocycles. The molecule has 0 spiro atoms. The highest BCUT2D eigenvalue weighted by molar-refractivity contribution is 6.16. The van der Waals surface area contributed by atoms with Gasteiger partial charge in [-0.15, -0.1) is 0 Å². The predicted octanol–water partition coefficient (Wildman–Crippen LogP) is 4.15. The summed E-state index contributed by atoms with van der Waals surface area (Å²) >= 11 is 0. The van der Waals surface area contributed by atoms with E-state index in [1.807, 2.05) is 37.3 Å². The molecule has 35 heavy (non-hydrogen) atoms. The Kier molecular flexibility index (Phi) is 6.36. The number of benzene rings is 2. The van der Waals surface area contributed by atoms with Crippen molar-refractivity contribution >= 4 is 28.3 Å². The van der Waals surface area contributed by atoms with Gasteiger partial charge >= 0.3 is 0 Å². The van der Waals surface area contributed by atoms with E-state index in [0.717, 1.165) is 5.56 Å². The molecule has 0 bridgehead atoms. The van der Waals surface area contributed by atoms with Crippen LogP contribution in [0.25, 0.3) is 22.1 Å². The molecule has 0 aliphatic rings. The molecule has 0 fully saturated rings. The molecule has 0 saturated carbocycles. The minimum Gasteiger partial charge on any atom is -0.458 e. The molecule has 0 aliphatic carbocycles. The van der Waals surface area contributed by atoms with Crippen LogP contribution in [0.1, 0.15) is 38.1 Å². The summed E-state index contributed by atoms with van der Waals surface area (Å²) in [6.45, 7) is 4.87. The van der Waals surface area contributed by atoms with E-state index in [0.29, 0.717) is 22.3 Å². The molecule has 2 aromatic heterocycles. The van der Waals surface area contributed by atoms with Gasteiger partial charge in [0.2, 0.25) is 5.43 Å². The van der Waals surface area contributed by atoms with Crippen LogP contribution < -0.4 is 16.5 Å². The third kappa shape index (κ3) is 5.05. The summed E-state index contributed by atoms with van der Waals surface area (Å²) in [6, 6.07) is 15.9. The Morgan fingerprint density at radius 2 is 1.83 bits per heavy atom. The number of hydrogen-bond acceptors (Lipinski definition) is 8. The highest BCUT2D eigenvalue weighted by Crippen LogP contribution is 2.31. The highest BCUT2D eigenvalue weighted by atomic mass is 16.3. The number of para-hydroxylation sites is 1. The van der Waals surface area contributed by atoms with Crippen molar-refractivity contribution < 1.29 is 9.52 Å². The van der Waals surface area contributed by atoms with Gasteiger partial charge in [-0.1, -0.05) is 48.4 Å². The maximum Gasteiger partial charge on any atom is 0.200 e. The second kappa shape index (κ2) is 9.41. The zero-order chi connectivity index (χ0) is 25.2. The molecular weight excluding hydrogens is 442 g/mol. The van der Waals surface area contributed by atoms with Crippen LogP contribution in [0.4, 0.5) is 11.6 Å². The molecule has 4 aromatic rings. The van der Waals surface area contributed by atoms with Gasteiger partial charge in [0, 0.05) is 0 Å². The Morgan fingerprint density at radius 1 is 1.14 bits per heavy atom. The fourth-order valence-electron chi connectivity index (χ4n) is 3.65. The minimum atomic E-state index is -1.28. The number of fused-ring (bicyclic) bond motifs is 1. The third-order valence-corrected chi connectivity index (χ3v) is 5.25. The van der Waals surface area contributed by atoms with Crippen molar-refractivity contribution in [3.05, 3.63) is 82.5 Å². The molecule has 0 radical (unpaired) electrons. The summed E-state index contributed by atoms with van der Waals surface area (Å²) in [4.78, 5) is 21.8. The standard InChI is InChI=1S/C27H25N5O3/c1-16(32-26-22(25(29)30-15-31-26)19(28)13-14-27(2,3)34)24-21(17-9-5-4-6-10-17)23(33)18-11-7-8-12-20(18)35-24/h4-12,15-16,28,34H,1-3H3,(H3,29,30,31,32). The molecule has 8 nitrogen and oxygen atoms in total. The molecule has 1 atom stereocenters. The summed E-state index contributed by atoms with van der Waals surface area (Å²) < 4.78 is 6.23. The first kappa shape index (κ1) is 23.7. The zero-order valence-electron chi connectivity index (χ0n) is 19.6. The fraction of sp³-hybridized carbons (Fsp3) is 0.185. The Labute approximate surface area is 202 Å². The molecule has 1 unspecified atom stereocenters. The maximum absolute atomic E-state index is 13.5. The van der Waals surface area contributed by atoms with Gasteiger partial charge < -0.3 is 20.6 Å². The number of nitrogens with zero attached hydrogens (tertiary/aromatic N) is 2. The quantitative estimate of drug-likeness (QED) is 0.255. The summed E-state index contributed by atoms with van der Waals surface area (Å²) in [5.74, 6) is 5.95. The van der Waals surface area contributed by atoms with Gasteiger partial charge in [0.1, 0.15) is 40.6 Å². The van der Waals surface area contributed by atoms with Crippen molar-refractivity contribution in [2.45, 2.75) is 32.4 Å². The van der Waals surface area contributed by atoms with Crippen LogP contribution in [-0.4, -0.2) is 26.4 Å². The van der Waals surface area contributed by atoms with Gasteiger partial charge in [-0.2, -0.15) is 0 Å². The van der Waals surface area contributed by atoms with Gasteiger partial charge in [0.25, 0.3) is 0 Å². The second-order valence-electron chi connectivity index (χ2n) is 8.57. The Bertz CT molecular complexity index is 1530. The second-order valence-corrected chi connectivity index (χ2v) is 8.57. The Morgan fingerprint density at radius 3 is 2.54 bits per heavy atom. The monoisotopic (exact) mass is 467 g/mol. The minimum absolute atomic E-state index is 0.0630. The smallest absolute Gasteiger partial charge is 0.200 e. The van der Waals surface area contributed by atoms with Crippen molar-refractivity contribution in [1.82, 2.24) is 9.97 Å². The molecule has 2 heterocycles. The lowest BCUT2D eigenvalue weighted by Gasteiger charge is -2.19. The molecule has 0 aliphatic heterocycles. The largest absolute Gasteiger partial charge is 0.458 e. The molecule has 0 amide bonds. The third-order valence-electron chi connectivity index (χ3n) is 5.25. The first-order valence-electron chi connectivity index (χ1n) is 11.0. The number of nitrogens with one attached hydrogen (secondary N) is 2. The number of hydrogen-bond donors (Lipinski definition) is 4. The number of rotatable bonds is 5. The number of aromatic nitrogens is 2. The number of nitrogen functional groups attached to an aromatic ring is 1. The number of nitrogens with two attached hydrogens (primary N) is 1. The topological polar surface area (TPSA) is 138 Å². The lowest BCUT2D eigenvalue weighted by atomic mass is 9.99. The van der Waals surface area contributed by atoms with Crippen LogP contribution in [0.15, 0.2) is 70.1 Å². The summed E-state index contributed by atoms with van der Waals surface area (Å²) in [7, 11) is 0. The molecule has 8 heteroatoms. The highest BCUT2D eigenvalue weighted by Gasteiger charge is 2.23. The van der Waals surface area contributed by atoms with E-state index in [2.05, 4.69) is 27.1 Å². The van der Waals surface area contributed by atoms with E-state index in [9.17, 15) is 9.90 Å². The lowest BCUT2D eigenvalue weighted by Crippen LogP contribution is -2.19. The predicted molar refractivity (Wildman–Crippen MR) is 137 cm³/mol. The fourth-order valence-corrected chi connectivity index (χ4v) is 3.65. The average Bonchev–Trinajstić information content (AvgIpc) is 2.82. The van der Waals surface area contributed by atoms with Crippen molar-refractivity contribution in [2.75, 3.05) is 11.1 Å². The average molecular weight is 468 g/mol. The van der Waals surface area contributed by atoms with Crippen LogP contribution >= 0.6 is 0 Å². The van der Waals surface area contributed by atoms with E-state index < -0.39 is 11.6 Å².